The molecule has 0 atom stereocenters. The first-order valence-corrected chi connectivity index (χ1v) is 10.9. The quantitative estimate of drug-likeness (QED) is 0.167. The van der Waals surface area contributed by atoms with Crippen LogP contribution < -0.4 is 20.4 Å². The third-order valence-corrected chi connectivity index (χ3v) is 4.70. The van der Waals surface area contributed by atoms with Crippen molar-refractivity contribution in [2.75, 3.05) is 13.2 Å². The van der Waals surface area contributed by atoms with Gasteiger partial charge in [0.1, 0.15) is 34.3 Å². The Morgan fingerprint density at radius 3 is 2.47 bits per heavy atom. The van der Waals surface area contributed by atoms with E-state index in [1.165, 1.54) is 24.3 Å². The van der Waals surface area contributed by atoms with E-state index in [0.717, 1.165) is 12.8 Å². The maximum Gasteiger partial charge on any atom is 0.354 e. The first-order chi connectivity index (χ1) is 16.4. The number of nitriles is 1. The second kappa shape index (κ2) is 11.5. The van der Waals surface area contributed by atoms with Crippen LogP contribution in [0.15, 0.2) is 63.3 Å². The van der Waals surface area contributed by atoms with Gasteiger partial charge in [0.05, 0.1) is 6.61 Å². The van der Waals surface area contributed by atoms with Gasteiger partial charge < -0.3 is 19.2 Å². The van der Waals surface area contributed by atoms with E-state index in [0.29, 0.717) is 29.9 Å². The van der Waals surface area contributed by atoms with Gasteiger partial charge in [-0.2, -0.15) is 5.26 Å². The molecule has 0 radical (unpaired) electrons. The van der Waals surface area contributed by atoms with Gasteiger partial charge in [0, 0.05) is 18.0 Å². The lowest BCUT2D eigenvalue weighted by Gasteiger charge is -2.07. The normalized spacial score (nSPS) is 11.0. The first kappa shape index (κ1) is 24.3. The van der Waals surface area contributed by atoms with Crippen molar-refractivity contribution in [3.8, 4) is 17.6 Å². The molecule has 8 heteroatoms. The highest BCUT2D eigenvalue weighted by Crippen LogP contribution is 2.22. The number of hydrogen-bond acceptors (Lipinski definition) is 7. The molecule has 0 unspecified atom stereocenters. The molecule has 1 N–H and O–H groups in total. The fourth-order valence-electron chi connectivity index (χ4n) is 2.99. The van der Waals surface area contributed by atoms with Crippen LogP contribution in [0.2, 0.25) is 0 Å². The minimum atomic E-state index is -0.855. The lowest BCUT2D eigenvalue weighted by molar-refractivity contribution is -0.129. The van der Waals surface area contributed by atoms with Crippen molar-refractivity contribution in [2.24, 2.45) is 0 Å². The molecule has 1 amide bonds. The van der Waals surface area contributed by atoms with Crippen molar-refractivity contribution in [2.45, 2.75) is 26.7 Å². The number of benzene rings is 2. The van der Waals surface area contributed by atoms with Crippen molar-refractivity contribution in [3.05, 3.63) is 75.7 Å². The Kier molecular flexibility index (Phi) is 8.19. The van der Waals surface area contributed by atoms with Crippen LogP contribution in [0.25, 0.3) is 17.0 Å². The zero-order chi connectivity index (χ0) is 24.5. The lowest BCUT2D eigenvalue weighted by atomic mass is 10.1. The number of esters is 1. The van der Waals surface area contributed by atoms with E-state index >= 15 is 0 Å². The molecule has 3 rings (SSSR count). The van der Waals surface area contributed by atoms with Gasteiger partial charge in [-0.05, 0) is 54.8 Å². The number of rotatable bonds is 9. The van der Waals surface area contributed by atoms with E-state index in [1.807, 2.05) is 19.9 Å². The molecule has 0 fully saturated rings. The summed E-state index contributed by atoms with van der Waals surface area (Å²) in [5, 5.41) is 12.5. The Hall–Kier alpha value is -4.38. The van der Waals surface area contributed by atoms with Crippen molar-refractivity contribution in [1.82, 2.24) is 5.32 Å². The van der Waals surface area contributed by atoms with E-state index in [1.54, 1.807) is 30.3 Å². The van der Waals surface area contributed by atoms with Crippen molar-refractivity contribution >= 4 is 28.9 Å². The number of nitrogens with zero attached hydrogens (tertiary/aromatic N) is 1. The van der Waals surface area contributed by atoms with Gasteiger partial charge >= 0.3 is 11.6 Å². The predicted molar refractivity (Wildman–Crippen MR) is 127 cm³/mol. The molecule has 2 aromatic carbocycles. The summed E-state index contributed by atoms with van der Waals surface area (Å²) in [6, 6.07) is 14.6. The minimum absolute atomic E-state index is 0.0910. The van der Waals surface area contributed by atoms with Crippen LogP contribution in [-0.2, 0) is 4.79 Å². The monoisotopic (exact) mass is 460 g/mol. The average Bonchev–Trinajstić information content (AvgIpc) is 2.84. The van der Waals surface area contributed by atoms with Gasteiger partial charge in [0.25, 0.3) is 5.91 Å². The third-order valence-electron chi connectivity index (χ3n) is 4.70. The number of fused-ring (bicyclic) bond motifs is 1. The Bertz CT molecular complexity index is 1320. The summed E-state index contributed by atoms with van der Waals surface area (Å²) >= 11 is 0. The van der Waals surface area contributed by atoms with Crippen LogP contribution in [-0.4, -0.2) is 25.0 Å². The summed E-state index contributed by atoms with van der Waals surface area (Å²) in [6.07, 6.45) is 3.03. The molecule has 0 aliphatic carbocycles. The molecule has 1 aromatic heterocycles. The smallest absolute Gasteiger partial charge is 0.354 e. The van der Waals surface area contributed by atoms with E-state index in [9.17, 15) is 19.6 Å². The van der Waals surface area contributed by atoms with Gasteiger partial charge in [0.15, 0.2) is 0 Å². The maximum absolute atomic E-state index is 12.5. The molecule has 0 bridgehead atoms. The number of carbonyl (C=O) groups excluding carboxylic acids is 2. The van der Waals surface area contributed by atoms with Gasteiger partial charge in [-0.15, -0.1) is 0 Å². The van der Waals surface area contributed by atoms with Crippen LogP contribution in [0.4, 0.5) is 0 Å². The zero-order valence-electron chi connectivity index (χ0n) is 18.9. The largest absolute Gasteiger partial charge is 0.494 e. The Balaban J connectivity index is 1.77. The molecule has 1 heterocycles. The molecule has 174 valence electrons. The molecule has 0 saturated carbocycles. The Labute approximate surface area is 196 Å². The highest BCUT2D eigenvalue weighted by Gasteiger charge is 2.16. The second-order valence-electron chi connectivity index (χ2n) is 7.38. The number of hydrogen-bond donors (Lipinski definition) is 1. The fraction of sp³-hybridized carbons (Fsp3) is 0.231. The molecule has 0 saturated heterocycles. The van der Waals surface area contributed by atoms with Crippen LogP contribution in [0.1, 0.15) is 42.6 Å². The first-order valence-electron chi connectivity index (χ1n) is 10.9. The standard InChI is InChI=1S/C26H24N2O6/c1-3-11-28-24(29)22-14-18-7-10-21(15-23(18)34-26(22)31)33-25(30)19(16-27)13-17-5-8-20(9-6-17)32-12-4-2/h5-10,13-15H,3-4,11-12H2,1-2H3,(H,28,29)/b19-13+. The summed E-state index contributed by atoms with van der Waals surface area (Å²) < 4.78 is 16.1. The maximum atomic E-state index is 12.5. The third kappa shape index (κ3) is 6.11. The van der Waals surface area contributed by atoms with Crippen LogP contribution in [0.5, 0.6) is 11.5 Å². The molecule has 0 aliphatic rings. The van der Waals surface area contributed by atoms with Gasteiger partial charge in [-0.3, -0.25) is 4.79 Å². The fourth-order valence-corrected chi connectivity index (χ4v) is 2.99. The average molecular weight is 460 g/mol. The summed E-state index contributed by atoms with van der Waals surface area (Å²) in [6.45, 7) is 4.95. The predicted octanol–water partition coefficient (Wildman–Crippen LogP) is 4.23. The van der Waals surface area contributed by atoms with Crippen LogP contribution in [0.3, 0.4) is 0 Å². The molecular formula is C26H24N2O6. The van der Waals surface area contributed by atoms with Crippen molar-refractivity contribution < 1.29 is 23.5 Å². The van der Waals surface area contributed by atoms with E-state index in [-0.39, 0.29) is 22.5 Å². The summed E-state index contributed by atoms with van der Waals surface area (Å²) in [5.41, 5.74) is -0.324. The number of carbonyl (C=O) groups is 2. The van der Waals surface area contributed by atoms with Crippen LogP contribution >= 0.6 is 0 Å². The summed E-state index contributed by atoms with van der Waals surface area (Å²) in [7, 11) is 0. The topological polar surface area (TPSA) is 119 Å². The summed E-state index contributed by atoms with van der Waals surface area (Å²) in [5.74, 6) is -0.579. The van der Waals surface area contributed by atoms with Gasteiger partial charge in [-0.25, -0.2) is 9.59 Å². The van der Waals surface area contributed by atoms with Gasteiger partial charge in [0.2, 0.25) is 0 Å². The second-order valence-corrected chi connectivity index (χ2v) is 7.38. The highest BCUT2D eigenvalue weighted by atomic mass is 16.5. The number of amides is 1. The van der Waals surface area contributed by atoms with Crippen molar-refractivity contribution in [3.63, 3.8) is 0 Å². The van der Waals surface area contributed by atoms with E-state index in [2.05, 4.69) is 5.32 Å². The Morgan fingerprint density at radius 1 is 1.06 bits per heavy atom. The van der Waals surface area contributed by atoms with Crippen LogP contribution in [0, 0.1) is 11.3 Å². The van der Waals surface area contributed by atoms with E-state index in [4.69, 9.17) is 13.9 Å². The molecule has 0 spiro atoms. The zero-order valence-corrected chi connectivity index (χ0v) is 18.9. The SMILES string of the molecule is CCCNC(=O)c1cc2ccc(OC(=O)/C(C#N)=C/c3ccc(OCCC)cc3)cc2oc1=O. The summed E-state index contributed by atoms with van der Waals surface area (Å²) in [4.78, 5) is 36.9. The Morgan fingerprint density at radius 2 is 1.79 bits per heavy atom. The number of ether oxygens (including phenoxy) is 2. The van der Waals surface area contributed by atoms with Gasteiger partial charge in [-0.1, -0.05) is 26.0 Å². The van der Waals surface area contributed by atoms with E-state index < -0.39 is 17.5 Å². The molecule has 8 nitrogen and oxygen atoms in total. The molecular weight excluding hydrogens is 436 g/mol. The van der Waals surface area contributed by atoms with Crippen molar-refractivity contribution in [1.29, 1.82) is 5.26 Å². The molecule has 34 heavy (non-hydrogen) atoms. The molecule has 3 aromatic rings. The molecule has 0 aliphatic heterocycles. The minimum Gasteiger partial charge on any atom is -0.494 e. The highest BCUT2D eigenvalue weighted by molar-refractivity contribution is 5.99. The number of nitrogens with one attached hydrogen (secondary N) is 1. The lowest BCUT2D eigenvalue weighted by Crippen LogP contribution is -2.28.